The summed E-state index contributed by atoms with van der Waals surface area (Å²) < 4.78 is 49.9. The number of hydrogen-bond acceptors (Lipinski definition) is 6. The largest absolute Gasteiger partial charge is 0.454 e. The van der Waals surface area contributed by atoms with Crippen molar-refractivity contribution in [2.75, 3.05) is 30.4 Å². The molecule has 178 valence electrons. The minimum absolute atomic E-state index is 0.00381. The Kier molecular flexibility index (Phi) is 7.42. The molecular formula is C22H26FN3O6S. The molecule has 1 heterocycles. The molecule has 3 rings (SSSR count). The molecule has 0 bridgehead atoms. The topological polar surface area (TPSA) is 105 Å². The number of hydrogen-bond donors (Lipinski definition) is 1. The van der Waals surface area contributed by atoms with Gasteiger partial charge in [-0.25, -0.2) is 12.8 Å². The minimum atomic E-state index is -3.86. The normalized spacial score (nSPS) is 13.3. The number of benzene rings is 2. The van der Waals surface area contributed by atoms with Crippen LogP contribution in [0.15, 0.2) is 42.5 Å². The van der Waals surface area contributed by atoms with E-state index < -0.39 is 34.3 Å². The number of anilines is 1. The molecule has 0 fully saturated rings. The van der Waals surface area contributed by atoms with E-state index in [9.17, 15) is 22.4 Å². The van der Waals surface area contributed by atoms with Crippen LogP contribution >= 0.6 is 0 Å². The molecule has 9 nitrogen and oxygen atoms in total. The van der Waals surface area contributed by atoms with Crippen LogP contribution in [0, 0.1) is 5.82 Å². The van der Waals surface area contributed by atoms with E-state index >= 15 is 0 Å². The summed E-state index contributed by atoms with van der Waals surface area (Å²) in [5.74, 6) is -0.573. The molecule has 2 aromatic carbocycles. The van der Waals surface area contributed by atoms with Gasteiger partial charge in [-0.15, -0.1) is 0 Å². The first-order chi connectivity index (χ1) is 15.6. The molecule has 0 spiro atoms. The molecule has 0 radical (unpaired) electrons. The lowest BCUT2D eigenvalue weighted by molar-refractivity contribution is -0.139. The maximum absolute atomic E-state index is 13.3. The van der Waals surface area contributed by atoms with Gasteiger partial charge in [-0.1, -0.05) is 12.1 Å². The number of rotatable bonds is 9. The van der Waals surface area contributed by atoms with E-state index in [1.807, 2.05) is 0 Å². The van der Waals surface area contributed by atoms with Gasteiger partial charge in [-0.05, 0) is 43.7 Å². The predicted molar refractivity (Wildman–Crippen MR) is 120 cm³/mol. The second-order valence-electron chi connectivity index (χ2n) is 7.53. The fourth-order valence-corrected chi connectivity index (χ4v) is 4.19. The summed E-state index contributed by atoms with van der Waals surface area (Å²) in [7, 11) is -3.86. The fraction of sp³-hybridized carbons (Fsp3) is 0.364. The van der Waals surface area contributed by atoms with Gasteiger partial charge in [-0.3, -0.25) is 13.9 Å². The fourth-order valence-electron chi connectivity index (χ4n) is 3.35. The second-order valence-corrected chi connectivity index (χ2v) is 9.43. The van der Waals surface area contributed by atoms with Gasteiger partial charge < -0.3 is 19.7 Å². The van der Waals surface area contributed by atoms with E-state index in [2.05, 4.69) is 5.32 Å². The van der Waals surface area contributed by atoms with Gasteiger partial charge in [0.05, 0.1) is 11.9 Å². The van der Waals surface area contributed by atoms with Crippen LogP contribution in [0.1, 0.15) is 19.4 Å². The Balaban J connectivity index is 1.90. The summed E-state index contributed by atoms with van der Waals surface area (Å²) >= 11 is 0. The maximum atomic E-state index is 13.3. The van der Waals surface area contributed by atoms with Crippen molar-refractivity contribution in [1.29, 1.82) is 0 Å². The van der Waals surface area contributed by atoms with Gasteiger partial charge in [0.1, 0.15) is 18.4 Å². The van der Waals surface area contributed by atoms with Gasteiger partial charge in [0, 0.05) is 19.2 Å². The first-order valence-electron chi connectivity index (χ1n) is 10.3. The van der Waals surface area contributed by atoms with Crippen molar-refractivity contribution in [3.8, 4) is 11.5 Å². The van der Waals surface area contributed by atoms with Crippen molar-refractivity contribution < 1.29 is 31.9 Å². The lowest BCUT2D eigenvalue weighted by Crippen LogP contribution is -2.51. The van der Waals surface area contributed by atoms with Gasteiger partial charge in [0.25, 0.3) is 0 Å². The van der Waals surface area contributed by atoms with Crippen LogP contribution in [-0.4, -0.2) is 57.3 Å². The maximum Gasteiger partial charge on any atom is 0.244 e. The van der Waals surface area contributed by atoms with Crippen molar-refractivity contribution in [2.45, 2.75) is 26.4 Å². The summed E-state index contributed by atoms with van der Waals surface area (Å²) in [5.41, 5.74) is 0.817. The zero-order valence-electron chi connectivity index (χ0n) is 18.6. The van der Waals surface area contributed by atoms with E-state index in [1.54, 1.807) is 19.9 Å². The first-order valence-corrected chi connectivity index (χ1v) is 12.1. The molecule has 0 aliphatic carbocycles. The average Bonchev–Trinajstić information content (AvgIpc) is 3.23. The highest BCUT2D eigenvalue weighted by molar-refractivity contribution is 7.92. The van der Waals surface area contributed by atoms with E-state index in [4.69, 9.17) is 9.47 Å². The van der Waals surface area contributed by atoms with E-state index in [1.165, 1.54) is 41.3 Å². The molecule has 2 aromatic rings. The quantitative estimate of drug-likeness (QED) is 0.589. The molecule has 11 heteroatoms. The molecule has 1 N–H and O–H groups in total. The Morgan fingerprint density at radius 3 is 2.42 bits per heavy atom. The molecule has 0 unspecified atom stereocenters. The highest BCUT2D eigenvalue weighted by atomic mass is 32.2. The SMILES string of the molecule is CCNC(=O)[C@H](C)N(Cc1ccc(F)cc1)C(=O)CN(c1ccc2c(c1)OCO2)S(C)(=O)=O. The lowest BCUT2D eigenvalue weighted by Gasteiger charge is -2.31. The monoisotopic (exact) mass is 479 g/mol. The Morgan fingerprint density at radius 1 is 1.12 bits per heavy atom. The second kappa shape index (κ2) is 10.1. The minimum Gasteiger partial charge on any atom is -0.454 e. The van der Waals surface area contributed by atoms with Crippen LogP contribution in [0.3, 0.4) is 0 Å². The van der Waals surface area contributed by atoms with Crippen LogP contribution in [-0.2, 0) is 26.2 Å². The summed E-state index contributed by atoms with van der Waals surface area (Å²) in [6, 6.07) is 9.19. The molecule has 0 saturated heterocycles. The van der Waals surface area contributed by atoms with Crippen LogP contribution in [0.2, 0.25) is 0 Å². The van der Waals surface area contributed by atoms with Crippen molar-refractivity contribution in [3.63, 3.8) is 0 Å². The van der Waals surface area contributed by atoms with Crippen molar-refractivity contribution in [1.82, 2.24) is 10.2 Å². The van der Waals surface area contributed by atoms with Crippen LogP contribution < -0.4 is 19.1 Å². The van der Waals surface area contributed by atoms with Gasteiger partial charge in [0.15, 0.2) is 11.5 Å². The lowest BCUT2D eigenvalue weighted by atomic mass is 10.1. The van der Waals surface area contributed by atoms with Crippen molar-refractivity contribution in [3.05, 3.63) is 53.8 Å². The number of halogens is 1. The van der Waals surface area contributed by atoms with Crippen LogP contribution in [0.5, 0.6) is 11.5 Å². The number of carbonyl (C=O) groups is 2. The standard InChI is InChI=1S/C22H26FN3O6S/c1-4-24-22(28)15(2)25(12-16-5-7-17(23)8-6-16)21(27)13-26(33(3,29)30)18-9-10-19-20(11-18)32-14-31-19/h5-11,15H,4,12-14H2,1-3H3,(H,24,28)/t15-/m0/s1. The highest BCUT2D eigenvalue weighted by Gasteiger charge is 2.30. The van der Waals surface area contributed by atoms with Crippen molar-refractivity contribution in [2.24, 2.45) is 0 Å². The summed E-state index contributed by atoms with van der Waals surface area (Å²) in [6.45, 7) is 3.15. The Labute approximate surface area is 192 Å². The number of likely N-dealkylation sites (N-methyl/N-ethyl adjacent to an activating group) is 1. The number of ether oxygens (including phenoxy) is 2. The number of carbonyl (C=O) groups excluding carboxylic acids is 2. The predicted octanol–water partition coefficient (Wildman–Crippen LogP) is 1.87. The van der Waals surface area contributed by atoms with E-state index in [0.717, 1.165) is 10.6 Å². The van der Waals surface area contributed by atoms with Crippen LogP contribution in [0.4, 0.5) is 10.1 Å². The summed E-state index contributed by atoms with van der Waals surface area (Å²) in [4.78, 5) is 27.1. The van der Waals surface area contributed by atoms with E-state index in [0.29, 0.717) is 23.6 Å². The molecule has 1 aliphatic heterocycles. The molecule has 0 aromatic heterocycles. The number of nitrogens with zero attached hydrogens (tertiary/aromatic N) is 2. The Bertz CT molecular complexity index is 1120. The van der Waals surface area contributed by atoms with Gasteiger partial charge >= 0.3 is 0 Å². The third-order valence-electron chi connectivity index (χ3n) is 5.11. The van der Waals surface area contributed by atoms with Gasteiger partial charge in [-0.2, -0.15) is 0 Å². The molecular weight excluding hydrogens is 453 g/mol. The van der Waals surface area contributed by atoms with Gasteiger partial charge in [0.2, 0.25) is 28.6 Å². The molecule has 1 atom stereocenters. The third kappa shape index (κ3) is 5.92. The smallest absolute Gasteiger partial charge is 0.244 e. The number of amides is 2. The Morgan fingerprint density at radius 2 is 1.79 bits per heavy atom. The number of nitrogens with one attached hydrogen (secondary N) is 1. The zero-order valence-corrected chi connectivity index (χ0v) is 19.4. The molecule has 2 amide bonds. The highest BCUT2D eigenvalue weighted by Crippen LogP contribution is 2.36. The number of fused-ring (bicyclic) bond motifs is 1. The molecule has 1 aliphatic rings. The van der Waals surface area contributed by atoms with E-state index in [-0.39, 0.29) is 24.9 Å². The first kappa shape index (κ1) is 24.3. The van der Waals surface area contributed by atoms with Crippen molar-refractivity contribution >= 4 is 27.5 Å². The molecule has 0 saturated carbocycles. The Hall–Kier alpha value is -3.34. The average molecular weight is 480 g/mol. The van der Waals surface area contributed by atoms with Crippen LogP contribution in [0.25, 0.3) is 0 Å². The summed E-state index contributed by atoms with van der Waals surface area (Å²) in [5, 5.41) is 2.66. The molecule has 33 heavy (non-hydrogen) atoms. The summed E-state index contributed by atoms with van der Waals surface area (Å²) in [6.07, 6.45) is 0.988. The zero-order chi connectivity index (χ0) is 24.2. The third-order valence-corrected chi connectivity index (χ3v) is 6.25. The number of sulfonamides is 1.